The number of ether oxygens (including phenoxy) is 1. The van der Waals surface area contributed by atoms with Crippen LogP contribution in [0.4, 0.5) is 0 Å². The molecule has 6 nitrogen and oxygen atoms in total. The van der Waals surface area contributed by atoms with Gasteiger partial charge in [-0.2, -0.15) is 0 Å². The molecule has 0 bridgehead atoms. The van der Waals surface area contributed by atoms with Gasteiger partial charge in [0.15, 0.2) is 6.61 Å². The third-order valence-corrected chi connectivity index (χ3v) is 3.91. The third-order valence-electron chi connectivity index (χ3n) is 3.91. The zero-order chi connectivity index (χ0) is 18.5. The van der Waals surface area contributed by atoms with Gasteiger partial charge < -0.3 is 4.74 Å². The van der Waals surface area contributed by atoms with E-state index >= 15 is 0 Å². The Labute approximate surface area is 151 Å². The minimum absolute atomic E-state index is 0.201. The van der Waals surface area contributed by atoms with Crippen LogP contribution in [-0.4, -0.2) is 23.4 Å². The topological polar surface area (TPSA) is 80.3 Å². The first-order chi connectivity index (χ1) is 12.5. The van der Waals surface area contributed by atoms with Gasteiger partial charge in [0.2, 0.25) is 0 Å². The number of amides is 2. The van der Waals surface area contributed by atoms with Crippen LogP contribution < -0.4 is 15.6 Å². The third kappa shape index (κ3) is 3.97. The Morgan fingerprint density at radius 1 is 1.04 bits per heavy atom. The number of aromatic nitrogens is 1. The smallest absolute Gasteiger partial charge is 0.288 e. The SMILES string of the molecule is Cc1ccc(C)c(OCC(=O)NNC(=O)c2nccc3ccccc23)c1. The van der Waals surface area contributed by atoms with Crippen LogP contribution >= 0.6 is 0 Å². The minimum atomic E-state index is -0.484. The number of pyridine rings is 1. The van der Waals surface area contributed by atoms with Gasteiger partial charge in [0.05, 0.1) is 0 Å². The van der Waals surface area contributed by atoms with E-state index in [2.05, 4.69) is 15.8 Å². The molecule has 26 heavy (non-hydrogen) atoms. The Balaban J connectivity index is 1.59. The predicted molar refractivity (Wildman–Crippen MR) is 98.8 cm³/mol. The maximum atomic E-state index is 12.3. The molecule has 1 aromatic heterocycles. The summed E-state index contributed by atoms with van der Waals surface area (Å²) in [5, 5.41) is 1.62. The fourth-order valence-corrected chi connectivity index (χ4v) is 2.53. The quantitative estimate of drug-likeness (QED) is 0.710. The normalized spacial score (nSPS) is 10.4. The maximum absolute atomic E-state index is 12.3. The largest absolute Gasteiger partial charge is 0.483 e. The first kappa shape index (κ1) is 17.4. The molecule has 0 saturated heterocycles. The highest BCUT2D eigenvalue weighted by atomic mass is 16.5. The van der Waals surface area contributed by atoms with E-state index in [1.807, 2.05) is 62.4 Å². The molecule has 2 N–H and O–H groups in total. The lowest BCUT2D eigenvalue weighted by molar-refractivity contribution is -0.123. The van der Waals surface area contributed by atoms with Gasteiger partial charge in [-0.05, 0) is 42.5 Å². The molecule has 0 atom stereocenters. The van der Waals surface area contributed by atoms with Crippen molar-refractivity contribution in [3.8, 4) is 5.75 Å². The van der Waals surface area contributed by atoms with Crippen molar-refractivity contribution in [2.24, 2.45) is 0 Å². The summed E-state index contributed by atoms with van der Waals surface area (Å²) in [7, 11) is 0. The lowest BCUT2D eigenvalue weighted by Crippen LogP contribution is -2.44. The Hall–Kier alpha value is -3.41. The van der Waals surface area contributed by atoms with Crippen LogP contribution in [0.1, 0.15) is 21.6 Å². The standard InChI is InChI=1S/C20H19N3O3/c1-13-7-8-14(2)17(11-13)26-12-18(24)22-23-20(25)19-16-6-4-3-5-15(16)9-10-21-19/h3-11H,12H2,1-2H3,(H,22,24)(H,23,25). The number of rotatable bonds is 4. The van der Waals surface area contributed by atoms with Crippen molar-refractivity contribution in [3.63, 3.8) is 0 Å². The highest BCUT2D eigenvalue weighted by Gasteiger charge is 2.12. The fourth-order valence-electron chi connectivity index (χ4n) is 2.53. The first-order valence-electron chi connectivity index (χ1n) is 8.17. The summed E-state index contributed by atoms with van der Waals surface area (Å²) in [6.07, 6.45) is 1.56. The molecule has 0 fully saturated rings. The van der Waals surface area contributed by atoms with E-state index in [0.717, 1.165) is 16.5 Å². The molecular formula is C20H19N3O3. The summed E-state index contributed by atoms with van der Waals surface area (Å²) >= 11 is 0. The van der Waals surface area contributed by atoms with Crippen LogP contribution in [0, 0.1) is 13.8 Å². The second kappa shape index (κ2) is 7.65. The zero-order valence-corrected chi connectivity index (χ0v) is 14.6. The zero-order valence-electron chi connectivity index (χ0n) is 14.6. The number of nitrogens with zero attached hydrogens (tertiary/aromatic N) is 1. The molecule has 2 aromatic carbocycles. The molecular weight excluding hydrogens is 330 g/mol. The van der Waals surface area contributed by atoms with Crippen molar-refractivity contribution < 1.29 is 14.3 Å². The van der Waals surface area contributed by atoms with E-state index in [0.29, 0.717) is 11.1 Å². The molecule has 132 valence electrons. The fraction of sp³-hybridized carbons (Fsp3) is 0.150. The monoisotopic (exact) mass is 349 g/mol. The van der Waals surface area contributed by atoms with Gasteiger partial charge >= 0.3 is 0 Å². The number of aryl methyl sites for hydroxylation is 2. The first-order valence-corrected chi connectivity index (χ1v) is 8.17. The molecule has 0 saturated carbocycles. The summed E-state index contributed by atoms with van der Waals surface area (Å²) in [5.74, 6) is -0.302. The molecule has 2 amide bonds. The second-order valence-corrected chi connectivity index (χ2v) is 5.94. The minimum Gasteiger partial charge on any atom is -0.483 e. The average Bonchev–Trinajstić information content (AvgIpc) is 2.66. The van der Waals surface area contributed by atoms with Gasteiger partial charge in [-0.25, -0.2) is 0 Å². The molecule has 0 spiro atoms. The van der Waals surface area contributed by atoms with E-state index in [1.165, 1.54) is 0 Å². The van der Waals surface area contributed by atoms with Gasteiger partial charge in [0.25, 0.3) is 11.8 Å². The highest BCUT2D eigenvalue weighted by molar-refractivity contribution is 6.05. The number of hydrogen-bond acceptors (Lipinski definition) is 4. The Bertz CT molecular complexity index is 964. The van der Waals surface area contributed by atoms with Gasteiger partial charge in [-0.3, -0.25) is 25.4 Å². The van der Waals surface area contributed by atoms with Crippen molar-refractivity contribution in [2.75, 3.05) is 6.61 Å². The summed E-state index contributed by atoms with van der Waals surface area (Å²) in [4.78, 5) is 28.4. The lowest BCUT2D eigenvalue weighted by Gasteiger charge is -2.11. The summed E-state index contributed by atoms with van der Waals surface area (Å²) < 4.78 is 5.51. The summed E-state index contributed by atoms with van der Waals surface area (Å²) in [6, 6.07) is 15.0. The number of hydrogen-bond donors (Lipinski definition) is 2. The lowest BCUT2D eigenvalue weighted by atomic mass is 10.1. The molecule has 0 radical (unpaired) electrons. The number of benzene rings is 2. The van der Waals surface area contributed by atoms with E-state index in [1.54, 1.807) is 6.20 Å². The van der Waals surface area contributed by atoms with Crippen LogP contribution in [0.15, 0.2) is 54.7 Å². The number of carbonyl (C=O) groups excluding carboxylic acids is 2. The number of fused-ring (bicyclic) bond motifs is 1. The van der Waals surface area contributed by atoms with Crippen LogP contribution in [0.2, 0.25) is 0 Å². The Morgan fingerprint density at radius 3 is 2.69 bits per heavy atom. The summed E-state index contributed by atoms with van der Waals surface area (Å²) in [5.41, 5.74) is 6.95. The molecule has 1 heterocycles. The molecule has 0 unspecified atom stereocenters. The van der Waals surface area contributed by atoms with Crippen LogP contribution in [0.3, 0.4) is 0 Å². The van der Waals surface area contributed by atoms with E-state index in [-0.39, 0.29) is 12.3 Å². The molecule has 0 aliphatic heterocycles. The Morgan fingerprint density at radius 2 is 1.85 bits per heavy atom. The molecule has 0 aliphatic carbocycles. The van der Waals surface area contributed by atoms with Gasteiger partial charge in [0.1, 0.15) is 11.4 Å². The summed E-state index contributed by atoms with van der Waals surface area (Å²) in [6.45, 7) is 3.65. The van der Waals surface area contributed by atoms with Crippen molar-refractivity contribution in [1.82, 2.24) is 15.8 Å². The van der Waals surface area contributed by atoms with E-state index < -0.39 is 11.8 Å². The molecule has 3 rings (SSSR count). The van der Waals surface area contributed by atoms with Gasteiger partial charge in [0, 0.05) is 11.6 Å². The van der Waals surface area contributed by atoms with Crippen molar-refractivity contribution in [1.29, 1.82) is 0 Å². The highest BCUT2D eigenvalue weighted by Crippen LogP contribution is 2.19. The average molecular weight is 349 g/mol. The molecule has 0 aliphatic rings. The molecule has 6 heteroatoms. The second-order valence-electron chi connectivity index (χ2n) is 5.94. The van der Waals surface area contributed by atoms with E-state index in [9.17, 15) is 9.59 Å². The number of carbonyl (C=O) groups is 2. The van der Waals surface area contributed by atoms with Crippen LogP contribution in [-0.2, 0) is 4.79 Å². The van der Waals surface area contributed by atoms with Crippen LogP contribution in [0.25, 0.3) is 10.8 Å². The van der Waals surface area contributed by atoms with Gasteiger partial charge in [-0.1, -0.05) is 36.4 Å². The predicted octanol–water partition coefficient (Wildman–Crippen LogP) is 2.69. The maximum Gasteiger partial charge on any atom is 0.288 e. The van der Waals surface area contributed by atoms with Crippen LogP contribution in [0.5, 0.6) is 5.75 Å². The van der Waals surface area contributed by atoms with Crippen molar-refractivity contribution >= 4 is 22.6 Å². The Kier molecular flexibility index (Phi) is 5.12. The van der Waals surface area contributed by atoms with E-state index in [4.69, 9.17) is 4.74 Å². The number of hydrazine groups is 1. The molecule has 3 aromatic rings. The number of nitrogens with one attached hydrogen (secondary N) is 2. The van der Waals surface area contributed by atoms with Crippen molar-refractivity contribution in [3.05, 3.63) is 71.5 Å². The van der Waals surface area contributed by atoms with Gasteiger partial charge in [-0.15, -0.1) is 0 Å². The van der Waals surface area contributed by atoms with Crippen molar-refractivity contribution in [2.45, 2.75) is 13.8 Å².